The van der Waals surface area contributed by atoms with Crippen LogP contribution in [0.25, 0.3) is 22.2 Å². The van der Waals surface area contributed by atoms with E-state index in [0.29, 0.717) is 27.8 Å². The fraction of sp³-hybridized carbons (Fsp3) is 0.120. The van der Waals surface area contributed by atoms with Crippen molar-refractivity contribution in [2.45, 2.75) is 11.8 Å². The maximum Gasteiger partial charge on any atom is 0.256 e. The number of sulfone groups is 1. The maximum atomic E-state index is 13.3. The van der Waals surface area contributed by atoms with E-state index in [9.17, 15) is 13.2 Å². The van der Waals surface area contributed by atoms with Crippen LogP contribution in [0, 0.1) is 6.92 Å². The lowest BCUT2D eigenvalue weighted by molar-refractivity contribution is 0.102. The molecule has 1 heterocycles. The van der Waals surface area contributed by atoms with E-state index >= 15 is 0 Å². The van der Waals surface area contributed by atoms with Crippen LogP contribution >= 0.6 is 0 Å². The number of pyridine rings is 1. The van der Waals surface area contributed by atoms with E-state index in [1.54, 1.807) is 19.2 Å². The monoisotopic (exact) mass is 446 g/mol. The summed E-state index contributed by atoms with van der Waals surface area (Å²) >= 11 is 0. The van der Waals surface area contributed by atoms with Crippen molar-refractivity contribution in [3.63, 3.8) is 0 Å². The number of benzene rings is 3. The lowest BCUT2D eigenvalue weighted by atomic mass is 10.0. The van der Waals surface area contributed by atoms with Crippen molar-refractivity contribution >= 4 is 32.3 Å². The topological polar surface area (TPSA) is 85.4 Å². The number of hydrogen-bond acceptors (Lipinski definition) is 5. The minimum absolute atomic E-state index is 0.150. The van der Waals surface area contributed by atoms with Crippen LogP contribution in [0.3, 0.4) is 0 Å². The number of nitrogens with one attached hydrogen (secondary N) is 1. The van der Waals surface area contributed by atoms with Crippen molar-refractivity contribution in [3.05, 3.63) is 83.9 Å². The summed E-state index contributed by atoms with van der Waals surface area (Å²) in [4.78, 5) is 18.2. The molecule has 4 aromatic rings. The normalized spacial score (nSPS) is 11.3. The number of ether oxygens (including phenoxy) is 1. The van der Waals surface area contributed by atoms with Gasteiger partial charge < -0.3 is 10.1 Å². The summed E-state index contributed by atoms with van der Waals surface area (Å²) in [5, 5.41) is 3.58. The van der Waals surface area contributed by atoms with Gasteiger partial charge in [0.05, 0.1) is 28.8 Å². The highest BCUT2D eigenvalue weighted by Gasteiger charge is 2.16. The van der Waals surface area contributed by atoms with Crippen molar-refractivity contribution in [2.24, 2.45) is 0 Å². The molecule has 0 bridgehead atoms. The fourth-order valence-electron chi connectivity index (χ4n) is 3.43. The van der Waals surface area contributed by atoms with Gasteiger partial charge in [0, 0.05) is 22.9 Å². The largest absolute Gasteiger partial charge is 0.497 e. The van der Waals surface area contributed by atoms with Crippen LogP contribution < -0.4 is 10.1 Å². The number of aromatic nitrogens is 1. The van der Waals surface area contributed by atoms with Crippen LogP contribution in [0.15, 0.2) is 77.7 Å². The van der Waals surface area contributed by atoms with Crippen molar-refractivity contribution in [3.8, 4) is 17.0 Å². The second-order valence-electron chi connectivity index (χ2n) is 7.50. The second kappa shape index (κ2) is 8.43. The number of fused-ring (bicyclic) bond motifs is 1. The van der Waals surface area contributed by atoms with Crippen molar-refractivity contribution in [1.29, 1.82) is 0 Å². The molecule has 6 nitrogen and oxygen atoms in total. The van der Waals surface area contributed by atoms with Crippen molar-refractivity contribution in [2.75, 3.05) is 18.7 Å². The quantitative estimate of drug-likeness (QED) is 0.473. The Balaban J connectivity index is 1.79. The third kappa shape index (κ3) is 4.33. The highest BCUT2D eigenvalue weighted by molar-refractivity contribution is 7.90. The van der Waals surface area contributed by atoms with Gasteiger partial charge in [-0.2, -0.15) is 0 Å². The number of para-hydroxylation sites is 1. The van der Waals surface area contributed by atoms with Gasteiger partial charge in [0.2, 0.25) is 0 Å². The van der Waals surface area contributed by atoms with Gasteiger partial charge in [-0.3, -0.25) is 4.79 Å². The van der Waals surface area contributed by atoms with E-state index < -0.39 is 9.84 Å². The Kier molecular flexibility index (Phi) is 5.67. The molecule has 32 heavy (non-hydrogen) atoms. The first-order chi connectivity index (χ1) is 15.3. The first kappa shape index (κ1) is 21.5. The van der Waals surface area contributed by atoms with Crippen LogP contribution in [-0.2, 0) is 9.84 Å². The zero-order valence-electron chi connectivity index (χ0n) is 17.9. The minimum atomic E-state index is -3.40. The molecule has 0 atom stereocenters. The zero-order valence-corrected chi connectivity index (χ0v) is 18.7. The number of carbonyl (C=O) groups excluding carboxylic acids is 1. The van der Waals surface area contributed by atoms with Crippen LogP contribution in [0.5, 0.6) is 5.75 Å². The maximum absolute atomic E-state index is 13.3. The molecule has 0 aliphatic heterocycles. The average molecular weight is 447 g/mol. The molecule has 0 radical (unpaired) electrons. The van der Waals surface area contributed by atoms with Gasteiger partial charge >= 0.3 is 0 Å². The number of aryl methyl sites for hydroxylation is 1. The Bertz CT molecular complexity index is 1430. The number of hydrogen-bond donors (Lipinski definition) is 1. The fourth-order valence-corrected chi connectivity index (χ4v) is 4.08. The van der Waals surface area contributed by atoms with Crippen molar-refractivity contribution in [1.82, 2.24) is 4.98 Å². The molecule has 1 amide bonds. The van der Waals surface area contributed by atoms with Gasteiger partial charge in [0.1, 0.15) is 5.75 Å². The molecule has 0 aliphatic carbocycles. The minimum Gasteiger partial charge on any atom is -0.497 e. The Labute approximate surface area is 186 Å². The van der Waals surface area contributed by atoms with E-state index in [2.05, 4.69) is 5.32 Å². The Morgan fingerprint density at radius 3 is 2.38 bits per heavy atom. The van der Waals surface area contributed by atoms with Crippen LogP contribution in [0.1, 0.15) is 15.9 Å². The summed E-state index contributed by atoms with van der Waals surface area (Å²) in [6, 6.07) is 21.3. The average Bonchev–Trinajstić information content (AvgIpc) is 2.79. The molecule has 1 aromatic heterocycles. The lowest BCUT2D eigenvalue weighted by Crippen LogP contribution is -2.14. The highest BCUT2D eigenvalue weighted by atomic mass is 32.2. The number of carbonyl (C=O) groups is 1. The number of amides is 1. The van der Waals surface area contributed by atoms with Crippen LogP contribution in [-0.4, -0.2) is 32.7 Å². The van der Waals surface area contributed by atoms with Crippen LogP contribution in [0.4, 0.5) is 5.69 Å². The third-order valence-corrected chi connectivity index (χ3v) is 6.34. The SMILES string of the molecule is COc1ccc(-c2cc(C(=O)Nc3cc(S(C)(=O)=O)ccc3C)c3ccccc3n2)cc1. The van der Waals surface area contributed by atoms with Gasteiger partial charge in [-0.15, -0.1) is 0 Å². The van der Waals surface area contributed by atoms with Crippen LogP contribution in [0.2, 0.25) is 0 Å². The summed E-state index contributed by atoms with van der Waals surface area (Å²) in [6.07, 6.45) is 1.14. The molecule has 0 unspecified atom stereocenters. The molecular weight excluding hydrogens is 424 g/mol. The van der Waals surface area contributed by atoms with Gasteiger partial charge in [0.15, 0.2) is 9.84 Å². The summed E-state index contributed by atoms with van der Waals surface area (Å²) in [5.74, 6) is 0.390. The molecule has 3 aromatic carbocycles. The predicted octanol–water partition coefficient (Wildman–Crippen LogP) is 4.87. The number of anilines is 1. The Hall–Kier alpha value is -3.71. The zero-order chi connectivity index (χ0) is 22.9. The lowest BCUT2D eigenvalue weighted by Gasteiger charge is -2.13. The molecule has 1 N–H and O–H groups in total. The van der Waals surface area contributed by atoms with Gasteiger partial charge in [-0.25, -0.2) is 13.4 Å². The molecule has 0 spiro atoms. The first-order valence-corrected chi connectivity index (χ1v) is 11.8. The smallest absolute Gasteiger partial charge is 0.256 e. The number of nitrogens with zero attached hydrogens (tertiary/aromatic N) is 1. The van der Waals surface area contributed by atoms with E-state index in [4.69, 9.17) is 9.72 Å². The molecule has 0 saturated heterocycles. The molecule has 162 valence electrons. The highest BCUT2D eigenvalue weighted by Crippen LogP contribution is 2.28. The summed E-state index contributed by atoms with van der Waals surface area (Å²) in [6.45, 7) is 1.81. The molecule has 7 heteroatoms. The molecule has 0 saturated carbocycles. The van der Waals surface area contributed by atoms with E-state index in [1.165, 1.54) is 12.1 Å². The Morgan fingerprint density at radius 1 is 0.969 bits per heavy atom. The van der Waals surface area contributed by atoms with E-state index in [0.717, 1.165) is 23.1 Å². The summed E-state index contributed by atoms with van der Waals surface area (Å²) in [5.41, 5.74) is 3.85. The molecular formula is C25H22N2O4S. The first-order valence-electron chi connectivity index (χ1n) is 9.92. The van der Waals surface area contributed by atoms with Gasteiger partial charge in [-0.05, 0) is 61.0 Å². The predicted molar refractivity (Wildman–Crippen MR) is 126 cm³/mol. The van der Waals surface area contributed by atoms with Crippen molar-refractivity contribution < 1.29 is 17.9 Å². The third-order valence-electron chi connectivity index (χ3n) is 5.23. The van der Waals surface area contributed by atoms with Gasteiger partial charge in [0.25, 0.3) is 5.91 Å². The molecule has 0 fully saturated rings. The summed E-state index contributed by atoms with van der Waals surface area (Å²) < 4.78 is 29.1. The van der Waals surface area contributed by atoms with E-state index in [1.807, 2.05) is 55.5 Å². The molecule has 0 aliphatic rings. The summed E-state index contributed by atoms with van der Waals surface area (Å²) in [7, 11) is -1.79. The Morgan fingerprint density at radius 2 is 1.69 bits per heavy atom. The second-order valence-corrected chi connectivity index (χ2v) is 9.52. The molecule has 4 rings (SSSR count). The number of rotatable bonds is 5. The van der Waals surface area contributed by atoms with E-state index in [-0.39, 0.29) is 10.8 Å². The number of methoxy groups -OCH3 is 1. The van der Waals surface area contributed by atoms with Gasteiger partial charge in [-0.1, -0.05) is 24.3 Å². The standard InChI is InChI=1S/C25H22N2O4S/c1-16-8-13-19(32(3,29)30)14-23(16)27-25(28)21-15-24(17-9-11-18(31-2)12-10-17)26-22-7-5-4-6-20(21)22/h4-15H,1-3H3,(H,27,28).